The van der Waals surface area contributed by atoms with Gasteiger partial charge in [-0.2, -0.15) is 0 Å². The van der Waals surface area contributed by atoms with Crippen LogP contribution in [0.1, 0.15) is 55.7 Å². The van der Waals surface area contributed by atoms with Gasteiger partial charge in [-0.15, -0.1) is 0 Å². The summed E-state index contributed by atoms with van der Waals surface area (Å²) < 4.78 is 5.29. The lowest BCUT2D eigenvalue weighted by Crippen LogP contribution is -2.58. The summed E-state index contributed by atoms with van der Waals surface area (Å²) >= 11 is 6.01. The van der Waals surface area contributed by atoms with E-state index in [-0.39, 0.29) is 24.4 Å². The van der Waals surface area contributed by atoms with Crippen molar-refractivity contribution >= 4 is 23.4 Å². The zero-order chi connectivity index (χ0) is 22.5. The van der Waals surface area contributed by atoms with Crippen LogP contribution in [0.4, 0.5) is 0 Å². The van der Waals surface area contributed by atoms with E-state index in [4.69, 9.17) is 16.3 Å². The number of rotatable bonds is 6. The van der Waals surface area contributed by atoms with Gasteiger partial charge in [0.05, 0.1) is 7.11 Å². The number of carbonyl (C=O) groups excluding carboxylic acids is 2. The summed E-state index contributed by atoms with van der Waals surface area (Å²) in [5.41, 5.74) is 1.92. The normalized spacial score (nSPS) is 20.4. The Balaban J connectivity index is 1.60. The molecule has 32 heavy (non-hydrogen) atoms. The van der Waals surface area contributed by atoms with Crippen LogP contribution in [0.25, 0.3) is 0 Å². The highest BCUT2D eigenvalue weighted by atomic mass is 35.5. The molecule has 2 aromatic carbocycles. The minimum atomic E-state index is -0.599. The monoisotopic (exact) mass is 454 g/mol. The van der Waals surface area contributed by atoms with Gasteiger partial charge in [-0.05, 0) is 54.7 Å². The predicted octanol–water partition coefficient (Wildman–Crippen LogP) is 5.03. The maximum atomic E-state index is 13.8. The zero-order valence-corrected chi connectivity index (χ0v) is 19.4. The summed E-state index contributed by atoms with van der Waals surface area (Å²) in [6.07, 6.45) is 7.31. The molecular weight excluding hydrogens is 424 g/mol. The molecule has 5 nitrogen and oxygen atoms in total. The number of benzene rings is 2. The van der Waals surface area contributed by atoms with Gasteiger partial charge in [-0.1, -0.05) is 61.5 Å². The van der Waals surface area contributed by atoms with Crippen LogP contribution in [0.15, 0.2) is 48.5 Å². The molecule has 0 aromatic heterocycles. The Morgan fingerprint density at radius 3 is 2.22 bits per heavy atom. The SMILES string of the molecule is COc1ccc([C@@H]2C(=O)N(C3CCCCCC3)CC(=O)N2CCc2ccc(Cl)cc2)cc1. The Kier molecular flexibility index (Phi) is 7.36. The number of hydrogen-bond donors (Lipinski definition) is 0. The van der Waals surface area contributed by atoms with Gasteiger partial charge in [-0.25, -0.2) is 0 Å². The van der Waals surface area contributed by atoms with Gasteiger partial charge in [0.1, 0.15) is 18.3 Å². The number of piperazine rings is 1. The molecule has 170 valence electrons. The van der Waals surface area contributed by atoms with Crippen LogP contribution in [-0.2, 0) is 16.0 Å². The predicted molar refractivity (Wildman–Crippen MR) is 126 cm³/mol. The third kappa shape index (κ3) is 5.09. The maximum Gasteiger partial charge on any atom is 0.250 e. The summed E-state index contributed by atoms with van der Waals surface area (Å²) in [5.74, 6) is 0.790. The number of ether oxygens (including phenoxy) is 1. The average molecular weight is 455 g/mol. The molecule has 0 unspecified atom stereocenters. The van der Waals surface area contributed by atoms with E-state index >= 15 is 0 Å². The van der Waals surface area contributed by atoms with Crippen molar-refractivity contribution in [2.24, 2.45) is 0 Å². The van der Waals surface area contributed by atoms with E-state index in [1.165, 1.54) is 12.8 Å². The molecule has 1 saturated heterocycles. The summed E-state index contributed by atoms with van der Waals surface area (Å²) in [7, 11) is 1.62. The molecule has 2 fully saturated rings. The van der Waals surface area contributed by atoms with Crippen molar-refractivity contribution in [3.05, 3.63) is 64.7 Å². The molecule has 0 bridgehead atoms. The fraction of sp³-hybridized carbons (Fsp3) is 0.462. The topological polar surface area (TPSA) is 49.9 Å². The molecule has 0 spiro atoms. The van der Waals surface area contributed by atoms with E-state index in [1.807, 2.05) is 53.4 Å². The summed E-state index contributed by atoms with van der Waals surface area (Å²) in [6, 6.07) is 14.7. The maximum absolute atomic E-state index is 13.8. The van der Waals surface area contributed by atoms with Crippen molar-refractivity contribution in [3.63, 3.8) is 0 Å². The van der Waals surface area contributed by atoms with Gasteiger partial charge in [-0.3, -0.25) is 9.59 Å². The number of halogens is 1. The first kappa shape index (κ1) is 22.7. The molecule has 4 rings (SSSR count). The number of amides is 2. The lowest BCUT2D eigenvalue weighted by molar-refractivity contribution is -0.158. The van der Waals surface area contributed by atoms with Crippen LogP contribution >= 0.6 is 11.6 Å². The van der Waals surface area contributed by atoms with Crippen LogP contribution in [0.3, 0.4) is 0 Å². The van der Waals surface area contributed by atoms with E-state index in [1.54, 1.807) is 12.0 Å². The smallest absolute Gasteiger partial charge is 0.250 e. The van der Waals surface area contributed by atoms with Crippen molar-refractivity contribution in [2.75, 3.05) is 20.2 Å². The highest BCUT2D eigenvalue weighted by Crippen LogP contribution is 2.33. The Labute approximate surface area is 195 Å². The molecule has 2 aliphatic rings. The van der Waals surface area contributed by atoms with Crippen molar-refractivity contribution in [2.45, 2.75) is 57.0 Å². The first-order chi connectivity index (χ1) is 15.6. The zero-order valence-electron chi connectivity index (χ0n) is 18.6. The fourth-order valence-corrected chi connectivity index (χ4v) is 5.02. The Hall–Kier alpha value is -2.53. The largest absolute Gasteiger partial charge is 0.497 e. The highest BCUT2D eigenvalue weighted by Gasteiger charge is 2.42. The minimum Gasteiger partial charge on any atom is -0.497 e. The molecule has 1 aliphatic heterocycles. The number of carbonyl (C=O) groups is 2. The summed E-state index contributed by atoms with van der Waals surface area (Å²) in [5, 5.41) is 0.688. The molecule has 2 amide bonds. The lowest BCUT2D eigenvalue weighted by atomic mass is 9.97. The van der Waals surface area contributed by atoms with Crippen molar-refractivity contribution in [3.8, 4) is 5.75 Å². The van der Waals surface area contributed by atoms with E-state index in [2.05, 4.69) is 0 Å². The van der Waals surface area contributed by atoms with Crippen LogP contribution in [0.5, 0.6) is 5.75 Å². The third-order valence-electron chi connectivity index (χ3n) is 6.71. The molecule has 1 saturated carbocycles. The summed E-state index contributed by atoms with van der Waals surface area (Å²) in [4.78, 5) is 30.8. The summed E-state index contributed by atoms with van der Waals surface area (Å²) in [6.45, 7) is 0.665. The van der Waals surface area contributed by atoms with Crippen molar-refractivity contribution in [1.82, 2.24) is 9.80 Å². The fourth-order valence-electron chi connectivity index (χ4n) is 4.89. The van der Waals surface area contributed by atoms with Gasteiger partial charge >= 0.3 is 0 Å². The minimum absolute atomic E-state index is 0.0172. The van der Waals surface area contributed by atoms with Gasteiger partial charge in [0, 0.05) is 17.6 Å². The molecule has 1 atom stereocenters. The van der Waals surface area contributed by atoms with Gasteiger partial charge in [0.15, 0.2) is 0 Å². The van der Waals surface area contributed by atoms with Gasteiger partial charge in [0.2, 0.25) is 5.91 Å². The number of hydrogen-bond acceptors (Lipinski definition) is 3. The first-order valence-electron chi connectivity index (χ1n) is 11.5. The van der Waals surface area contributed by atoms with Crippen LogP contribution < -0.4 is 4.74 Å². The standard InChI is InChI=1S/C26H31ClN2O3/c1-32-23-14-10-20(11-15-23)25-26(31)29(22-6-4-2-3-5-7-22)18-24(30)28(25)17-16-19-8-12-21(27)13-9-19/h8-15,22,25H,2-7,16-18H2,1H3/t25-/m1/s1. The van der Waals surface area contributed by atoms with Crippen molar-refractivity contribution < 1.29 is 14.3 Å². The van der Waals surface area contributed by atoms with Crippen molar-refractivity contribution in [1.29, 1.82) is 0 Å². The van der Waals surface area contributed by atoms with Gasteiger partial charge < -0.3 is 14.5 Å². The average Bonchev–Trinajstić information content (AvgIpc) is 3.10. The van der Waals surface area contributed by atoms with E-state index in [0.29, 0.717) is 18.0 Å². The Morgan fingerprint density at radius 1 is 0.938 bits per heavy atom. The Bertz CT molecular complexity index is 921. The second kappa shape index (κ2) is 10.4. The van der Waals surface area contributed by atoms with Crippen LogP contribution in [0.2, 0.25) is 5.02 Å². The second-order valence-electron chi connectivity index (χ2n) is 8.75. The number of methoxy groups -OCH3 is 1. The van der Waals surface area contributed by atoms with Crippen LogP contribution in [-0.4, -0.2) is 47.9 Å². The van der Waals surface area contributed by atoms with E-state index in [0.717, 1.165) is 42.6 Å². The molecule has 2 aromatic rings. The van der Waals surface area contributed by atoms with E-state index in [9.17, 15) is 9.59 Å². The molecule has 1 aliphatic carbocycles. The Morgan fingerprint density at radius 2 is 1.59 bits per heavy atom. The molecule has 0 radical (unpaired) electrons. The van der Waals surface area contributed by atoms with Crippen LogP contribution in [0, 0.1) is 0 Å². The highest BCUT2D eigenvalue weighted by molar-refractivity contribution is 6.30. The second-order valence-corrected chi connectivity index (χ2v) is 9.19. The third-order valence-corrected chi connectivity index (χ3v) is 6.96. The molecule has 0 N–H and O–H groups in total. The molecule has 1 heterocycles. The first-order valence-corrected chi connectivity index (χ1v) is 11.9. The molecule has 6 heteroatoms. The van der Waals surface area contributed by atoms with E-state index < -0.39 is 6.04 Å². The quantitative estimate of drug-likeness (QED) is 0.575. The number of nitrogens with zero attached hydrogens (tertiary/aromatic N) is 2. The van der Waals surface area contributed by atoms with Gasteiger partial charge in [0.25, 0.3) is 5.91 Å². The lowest BCUT2D eigenvalue weighted by Gasteiger charge is -2.43. The molecular formula is C26H31ClN2O3.